The third kappa shape index (κ3) is 2.83. The van der Waals surface area contributed by atoms with E-state index in [1.165, 1.54) is 36.6 Å². The molecular weight excluding hydrogens is 228 g/mol. The third-order valence-electron chi connectivity index (χ3n) is 3.83. The molecule has 100 valence electrons. The molecule has 0 aromatic carbocycles. The van der Waals surface area contributed by atoms with Gasteiger partial charge in [-0.15, -0.1) is 0 Å². The fourth-order valence-corrected chi connectivity index (χ4v) is 2.70. The number of aromatic nitrogens is 2. The summed E-state index contributed by atoms with van der Waals surface area (Å²) < 4.78 is 1.51. The number of nitrogens with two attached hydrogens (primary N) is 1. The predicted molar refractivity (Wildman–Crippen MR) is 71.1 cm³/mol. The Morgan fingerprint density at radius 3 is 3.00 bits per heavy atom. The number of nitrogen functional groups attached to an aromatic ring is 1. The van der Waals surface area contributed by atoms with Crippen molar-refractivity contribution in [1.82, 2.24) is 15.1 Å². The topological polar surface area (TPSA) is 72.9 Å². The van der Waals surface area contributed by atoms with Crippen molar-refractivity contribution in [3.63, 3.8) is 0 Å². The second-order valence-electron chi connectivity index (χ2n) is 5.41. The second-order valence-corrected chi connectivity index (χ2v) is 5.41. The summed E-state index contributed by atoms with van der Waals surface area (Å²) in [6, 6.07) is 0. The van der Waals surface area contributed by atoms with Crippen LogP contribution >= 0.6 is 0 Å². The lowest BCUT2D eigenvalue weighted by Gasteiger charge is -2.26. The Morgan fingerprint density at radius 1 is 1.61 bits per heavy atom. The number of rotatable bonds is 3. The quantitative estimate of drug-likeness (QED) is 0.855. The highest BCUT2D eigenvalue weighted by Crippen LogP contribution is 2.28. The molecule has 0 saturated heterocycles. The Kier molecular flexibility index (Phi) is 3.89. The van der Waals surface area contributed by atoms with Crippen LogP contribution in [-0.2, 0) is 7.05 Å². The zero-order valence-electron chi connectivity index (χ0n) is 11.1. The number of amides is 1. The zero-order chi connectivity index (χ0) is 13.1. The highest BCUT2D eigenvalue weighted by atomic mass is 16.1. The Bertz CT molecular complexity index is 427. The minimum Gasteiger partial charge on any atom is -0.383 e. The van der Waals surface area contributed by atoms with E-state index in [1.807, 2.05) is 0 Å². The van der Waals surface area contributed by atoms with Crippen molar-refractivity contribution in [1.29, 1.82) is 0 Å². The second kappa shape index (κ2) is 5.42. The van der Waals surface area contributed by atoms with Gasteiger partial charge in [-0.05, 0) is 24.7 Å². The maximum absolute atomic E-state index is 12.0. The highest BCUT2D eigenvalue weighted by molar-refractivity contribution is 5.98. The van der Waals surface area contributed by atoms with Gasteiger partial charge in [0.05, 0.1) is 6.20 Å². The lowest BCUT2D eigenvalue weighted by Crippen LogP contribution is -2.31. The van der Waals surface area contributed by atoms with E-state index in [9.17, 15) is 4.79 Å². The first-order chi connectivity index (χ1) is 8.58. The number of nitrogens with zero attached hydrogens (tertiary/aromatic N) is 2. The first kappa shape index (κ1) is 12.9. The molecule has 1 fully saturated rings. The molecule has 1 saturated carbocycles. The summed E-state index contributed by atoms with van der Waals surface area (Å²) in [6.45, 7) is 3.03. The Balaban J connectivity index is 1.86. The van der Waals surface area contributed by atoms with Gasteiger partial charge < -0.3 is 11.1 Å². The van der Waals surface area contributed by atoms with Crippen LogP contribution in [0.25, 0.3) is 0 Å². The van der Waals surface area contributed by atoms with Crippen molar-refractivity contribution >= 4 is 11.7 Å². The molecule has 2 unspecified atom stereocenters. The van der Waals surface area contributed by atoms with E-state index < -0.39 is 0 Å². The van der Waals surface area contributed by atoms with Gasteiger partial charge >= 0.3 is 0 Å². The van der Waals surface area contributed by atoms with Crippen molar-refractivity contribution in [2.24, 2.45) is 18.9 Å². The lowest BCUT2D eigenvalue weighted by molar-refractivity contribution is 0.0941. The molecule has 2 rings (SSSR count). The van der Waals surface area contributed by atoms with Gasteiger partial charge in [0.1, 0.15) is 11.4 Å². The lowest BCUT2D eigenvalue weighted by atomic mass is 9.82. The van der Waals surface area contributed by atoms with Crippen LogP contribution in [0.2, 0.25) is 0 Å². The number of carbonyl (C=O) groups is 1. The van der Waals surface area contributed by atoms with Gasteiger partial charge in [0, 0.05) is 13.6 Å². The van der Waals surface area contributed by atoms with Crippen molar-refractivity contribution in [2.45, 2.75) is 32.6 Å². The predicted octanol–water partition coefficient (Wildman–Crippen LogP) is 1.56. The average molecular weight is 250 g/mol. The first-order valence-corrected chi connectivity index (χ1v) is 6.63. The highest BCUT2D eigenvalue weighted by Gasteiger charge is 2.20. The SMILES string of the molecule is CC1CCCC(CNC(=O)c2cnn(C)c2N)C1. The van der Waals surface area contributed by atoms with E-state index in [0.717, 1.165) is 12.5 Å². The van der Waals surface area contributed by atoms with Crippen molar-refractivity contribution in [3.8, 4) is 0 Å². The molecule has 3 N–H and O–H groups in total. The monoisotopic (exact) mass is 250 g/mol. The van der Waals surface area contributed by atoms with Crippen LogP contribution in [-0.4, -0.2) is 22.2 Å². The molecule has 2 atom stereocenters. The van der Waals surface area contributed by atoms with E-state index in [1.54, 1.807) is 7.05 Å². The van der Waals surface area contributed by atoms with E-state index >= 15 is 0 Å². The maximum Gasteiger partial charge on any atom is 0.256 e. The molecule has 5 nitrogen and oxygen atoms in total. The molecule has 18 heavy (non-hydrogen) atoms. The molecular formula is C13H22N4O. The van der Waals surface area contributed by atoms with E-state index in [-0.39, 0.29) is 5.91 Å². The van der Waals surface area contributed by atoms with E-state index in [2.05, 4.69) is 17.3 Å². The molecule has 1 aliphatic rings. The summed E-state index contributed by atoms with van der Waals surface area (Å²) in [5.41, 5.74) is 6.25. The molecule has 1 aromatic rings. The minimum atomic E-state index is -0.112. The van der Waals surface area contributed by atoms with Crippen LogP contribution in [0.1, 0.15) is 43.0 Å². The first-order valence-electron chi connectivity index (χ1n) is 6.63. The molecule has 0 spiro atoms. The van der Waals surface area contributed by atoms with Crippen LogP contribution < -0.4 is 11.1 Å². The number of anilines is 1. The fraction of sp³-hybridized carbons (Fsp3) is 0.692. The number of hydrogen-bond donors (Lipinski definition) is 2. The summed E-state index contributed by atoms with van der Waals surface area (Å²) in [4.78, 5) is 12.0. The van der Waals surface area contributed by atoms with Gasteiger partial charge in [0.25, 0.3) is 5.91 Å². The molecule has 0 radical (unpaired) electrons. The van der Waals surface area contributed by atoms with Gasteiger partial charge in [-0.3, -0.25) is 9.48 Å². The summed E-state index contributed by atoms with van der Waals surface area (Å²) in [5.74, 6) is 1.70. The summed E-state index contributed by atoms with van der Waals surface area (Å²) in [7, 11) is 1.73. The van der Waals surface area contributed by atoms with Crippen LogP contribution in [0.4, 0.5) is 5.82 Å². The third-order valence-corrected chi connectivity index (χ3v) is 3.83. The van der Waals surface area contributed by atoms with Gasteiger partial charge in [-0.2, -0.15) is 5.10 Å². The molecule has 1 amide bonds. The van der Waals surface area contributed by atoms with Gasteiger partial charge in [-0.1, -0.05) is 19.8 Å². The standard InChI is InChI=1S/C13H22N4O/c1-9-4-3-5-10(6-9)7-15-13(18)11-8-16-17(2)12(11)14/h8-10H,3-7,14H2,1-2H3,(H,15,18). The number of nitrogens with one attached hydrogen (secondary N) is 1. The number of hydrogen-bond acceptors (Lipinski definition) is 3. The van der Waals surface area contributed by atoms with Crippen LogP contribution in [0.15, 0.2) is 6.20 Å². The summed E-state index contributed by atoms with van der Waals surface area (Å²) in [6.07, 6.45) is 6.54. The van der Waals surface area contributed by atoms with Crippen LogP contribution in [0, 0.1) is 11.8 Å². The Hall–Kier alpha value is -1.52. The maximum atomic E-state index is 12.0. The molecule has 1 aromatic heterocycles. The fourth-order valence-electron chi connectivity index (χ4n) is 2.70. The summed E-state index contributed by atoms with van der Waals surface area (Å²) >= 11 is 0. The number of carbonyl (C=O) groups excluding carboxylic acids is 1. The van der Waals surface area contributed by atoms with Crippen molar-refractivity contribution in [2.75, 3.05) is 12.3 Å². The average Bonchev–Trinajstić information content (AvgIpc) is 2.67. The molecule has 0 aliphatic heterocycles. The van der Waals surface area contributed by atoms with Gasteiger partial charge in [0.15, 0.2) is 0 Å². The molecule has 1 aliphatic carbocycles. The van der Waals surface area contributed by atoms with Crippen molar-refractivity contribution < 1.29 is 4.79 Å². The van der Waals surface area contributed by atoms with Crippen LogP contribution in [0.5, 0.6) is 0 Å². The summed E-state index contributed by atoms with van der Waals surface area (Å²) in [5, 5.41) is 6.95. The van der Waals surface area contributed by atoms with E-state index in [0.29, 0.717) is 17.3 Å². The smallest absolute Gasteiger partial charge is 0.256 e. The number of aryl methyl sites for hydroxylation is 1. The normalized spacial score (nSPS) is 23.9. The largest absolute Gasteiger partial charge is 0.383 e. The zero-order valence-corrected chi connectivity index (χ0v) is 11.1. The minimum absolute atomic E-state index is 0.112. The molecule has 5 heteroatoms. The van der Waals surface area contributed by atoms with Crippen LogP contribution in [0.3, 0.4) is 0 Å². The Morgan fingerprint density at radius 2 is 2.39 bits per heavy atom. The van der Waals surface area contributed by atoms with E-state index in [4.69, 9.17) is 5.73 Å². The molecule has 1 heterocycles. The Labute approximate surface area is 108 Å². The molecule has 0 bridgehead atoms. The van der Waals surface area contributed by atoms with Crippen molar-refractivity contribution in [3.05, 3.63) is 11.8 Å². The van der Waals surface area contributed by atoms with Gasteiger partial charge in [-0.25, -0.2) is 0 Å². The van der Waals surface area contributed by atoms with Gasteiger partial charge in [0.2, 0.25) is 0 Å².